The molecule has 4 rings (SSSR count). The average molecular weight is 387 g/mol. The van der Waals surface area contributed by atoms with Gasteiger partial charge in [-0.05, 0) is 36.4 Å². The number of benzene rings is 2. The van der Waals surface area contributed by atoms with Crippen LogP contribution >= 0.6 is 22.9 Å². The molecule has 26 heavy (non-hydrogen) atoms. The highest BCUT2D eigenvalue weighted by Gasteiger charge is 2.15. The van der Waals surface area contributed by atoms with Gasteiger partial charge in [0.05, 0.1) is 10.2 Å². The van der Waals surface area contributed by atoms with E-state index in [1.165, 1.54) is 11.3 Å². The van der Waals surface area contributed by atoms with Crippen LogP contribution in [0.4, 0.5) is 0 Å². The number of thiazole rings is 1. The summed E-state index contributed by atoms with van der Waals surface area (Å²) < 4.78 is 13.9. The second-order valence-corrected chi connectivity index (χ2v) is 7.12. The van der Waals surface area contributed by atoms with Crippen molar-refractivity contribution in [1.29, 1.82) is 0 Å². The van der Waals surface area contributed by atoms with Crippen LogP contribution in [0.2, 0.25) is 5.02 Å². The van der Waals surface area contributed by atoms with E-state index >= 15 is 0 Å². The second kappa shape index (κ2) is 6.97. The maximum atomic E-state index is 12.7. The molecule has 132 valence electrons. The average Bonchev–Trinajstić information content (AvgIpc) is 2.98. The van der Waals surface area contributed by atoms with Crippen molar-refractivity contribution in [2.24, 2.45) is 4.99 Å². The van der Waals surface area contributed by atoms with E-state index in [1.54, 1.807) is 24.3 Å². The lowest BCUT2D eigenvalue weighted by Crippen LogP contribution is -2.17. The Morgan fingerprint density at radius 2 is 2.04 bits per heavy atom. The third-order valence-electron chi connectivity index (χ3n) is 3.94. The minimum absolute atomic E-state index is 0.336. The van der Waals surface area contributed by atoms with E-state index in [0.29, 0.717) is 46.6 Å². The number of fused-ring (bicyclic) bond motifs is 2. The van der Waals surface area contributed by atoms with Gasteiger partial charge in [0, 0.05) is 17.1 Å². The van der Waals surface area contributed by atoms with E-state index in [2.05, 4.69) is 11.6 Å². The van der Waals surface area contributed by atoms with E-state index in [-0.39, 0.29) is 5.91 Å². The van der Waals surface area contributed by atoms with Crippen molar-refractivity contribution in [3.05, 3.63) is 64.4 Å². The predicted molar refractivity (Wildman–Crippen MR) is 102 cm³/mol. The molecule has 0 bridgehead atoms. The molecule has 0 radical (unpaired) electrons. The zero-order chi connectivity index (χ0) is 18.1. The molecule has 1 aliphatic heterocycles. The number of amides is 1. The van der Waals surface area contributed by atoms with Gasteiger partial charge < -0.3 is 14.0 Å². The van der Waals surface area contributed by atoms with E-state index < -0.39 is 0 Å². The molecular formula is C19H15ClN2O3S. The van der Waals surface area contributed by atoms with E-state index in [1.807, 2.05) is 22.8 Å². The molecule has 1 aromatic heterocycles. The number of rotatable bonds is 3. The van der Waals surface area contributed by atoms with Crippen LogP contribution in [0.5, 0.6) is 11.5 Å². The van der Waals surface area contributed by atoms with Crippen LogP contribution in [0.1, 0.15) is 10.4 Å². The molecule has 0 aliphatic carbocycles. The van der Waals surface area contributed by atoms with Crippen LogP contribution in [-0.4, -0.2) is 23.7 Å². The van der Waals surface area contributed by atoms with Gasteiger partial charge in [0.25, 0.3) is 5.91 Å². The van der Waals surface area contributed by atoms with Gasteiger partial charge in [0.1, 0.15) is 13.2 Å². The van der Waals surface area contributed by atoms with Gasteiger partial charge in [0.2, 0.25) is 0 Å². The summed E-state index contributed by atoms with van der Waals surface area (Å²) in [5.74, 6) is 0.878. The number of halogens is 1. The lowest BCUT2D eigenvalue weighted by molar-refractivity contribution is 0.0996. The van der Waals surface area contributed by atoms with E-state index in [0.717, 1.165) is 10.2 Å². The molecule has 0 spiro atoms. The Labute approximate surface area is 158 Å². The third-order valence-corrected chi connectivity index (χ3v) is 5.22. The van der Waals surface area contributed by atoms with Gasteiger partial charge in [-0.2, -0.15) is 4.99 Å². The molecule has 3 aromatic rings. The first-order valence-corrected chi connectivity index (χ1v) is 9.23. The summed E-state index contributed by atoms with van der Waals surface area (Å²) in [7, 11) is 0. The van der Waals surface area contributed by atoms with Crippen molar-refractivity contribution in [2.75, 3.05) is 13.2 Å². The summed E-state index contributed by atoms with van der Waals surface area (Å²) in [6.07, 6.45) is 1.77. The quantitative estimate of drug-likeness (QED) is 0.638. The molecule has 5 nitrogen and oxygen atoms in total. The Morgan fingerprint density at radius 1 is 1.23 bits per heavy atom. The fraction of sp³-hybridized carbons (Fsp3) is 0.158. The maximum absolute atomic E-state index is 12.7. The van der Waals surface area contributed by atoms with Gasteiger partial charge in [-0.25, -0.2) is 0 Å². The monoisotopic (exact) mass is 386 g/mol. The number of hydrogen-bond donors (Lipinski definition) is 0. The Balaban J connectivity index is 1.79. The number of ether oxygens (including phenoxy) is 2. The number of carbonyl (C=O) groups excluding carboxylic acids is 1. The van der Waals surface area contributed by atoms with Crippen molar-refractivity contribution in [1.82, 2.24) is 4.57 Å². The highest BCUT2D eigenvalue weighted by Crippen LogP contribution is 2.31. The van der Waals surface area contributed by atoms with Crippen LogP contribution in [0.15, 0.2) is 54.0 Å². The lowest BCUT2D eigenvalue weighted by Gasteiger charge is -2.18. The van der Waals surface area contributed by atoms with Crippen molar-refractivity contribution < 1.29 is 14.3 Å². The van der Waals surface area contributed by atoms with Crippen LogP contribution < -0.4 is 14.3 Å². The van der Waals surface area contributed by atoms with Crippen LogP contribution in [0.3, 0.4) is 0 Å². The highest BCUT2D eigenvalue weighted by atomic mass is 35.5. The minimum Gasteiger partial charge on any atom is -0.486 e. The fourth-order valence-corrected chi connectivity index (χ4v) is 4.08. The van der Waals surface area contributed by atoms with E-state index in [9.17, 15) is 4.79 Å². The molecule has 1 aliphatic rings. The standard InChI is InChI=1S/C19H15ClN2O3S/c1-2-7-22-14-5-4-13(20)11-17(14)26-19(22)21-18(23)12-3-6-15-16(10-12)25-9-8-24-15/h2-6,10-11H,1,7-9H2. The molecule has 0 saturated carbocycles. The molecular weight excluding hydrogens is 372 g/mol. The zero-order valence-corrected chi connectivity index (χ0v) is 15.3. The Kier molecular flexibility index (Phi) is 4.53. The highest BCUT2D eigenvalue weighted by molar-refractivity contribution is 7.16. The molecule has 1 amide bonds. The zero-order valence-electron chi connectivity index (χ0n) is 13.8. The second-order valence-electron chi connectivity index (χ2n) is 5.67. The summed E-state index contributed by atoms with van der Waals surface area (Å²) in [6.45, 7) is 5.32. The molecule has 0 unspecified atom stereocenters. The molecule has 2 aromatic carbocycles. The normalized spacial score (nSPS) is 13.8. The molecule has 0 saturated heterocycles. The molecule has 0 N–H and O–H groups in total. The smallest absolute Gasteiger partial charge is 0.279 e. The van der Waals surface area contributed by atoms with Gasteiger partial charge in [-0.3, -0.25) is 4.79 Å². The van der Waals surface area contributed by atoms with Crippen molar-refractivity contribution >= 4 is 39.1 Å². The molecule has 0 atom stereocenters. The van der Waals surface area contributed by atoms with Crippen molar-refractivity contribution in [3.63, 3.8) is 0 Å². The summed E-state index contributed by atoms with van der Waals surface area (Å²) in [6, 6.07) is 10.7. The Hall–Kier alpha value is -2.57. The number of nitrogens with zero attached hydrogens (tertiary/aromatic N) is 2. The predicted octanol–water partition coefficient (Wildman–Crippen LogP) is 4.05. The van der Waals surface area contributed by atoms with Crippen LogP contribution in [0.25, 0.3) is 10.2 Å². The number of hydrogen-bond acceptors (Lipinski definition) is 4. The summed E-state index contributed by atoms with van der Waals surface area (Å²) in [5, 5.41) is 0.647. The topological polar surface area (TPSA) is 52.8 Å². The maximum Gasteiger partial charge on any atom is 0.279 e. The van der Waals surface area contributed by atoms with Gasteiger partial charge in [-0.15, -0.1) is 6.58 Å². The number of carbonyl (C=O) groups is 1. The van der Waals surface area contributed by atoms with Crippen LogP contribution in [-0.2, 0) is 6.54 Å². The largest absolute Gasteiger partial charge is 0.486 e. The molecule has 2 heterocycles. The third kappa shape index (κ3) is 3.13. The summed E-state index contributed by atoms with van der Waals surface area (Å²) >= 11 is 7.50. The first kappa shape index (κ1) is 16.9. The van der Waals surface area contributed by atoms with Gasteiger partial charge in [0.15, 0.2) is 16.3 Å². The SMILES string of the molecule is C=CCn1c(=NC(=O)c2ccc3c(c2)OCCO3)sc2cc(Cl)ccc21. The number of aromatic nitrogens is 1. The van der Waals surface area contributed by atoms with Crippen LogP contribution in [0, 0.1) is 0 Å². The molecule has 0 fully saturated rings. The minimum atomic E-state index is -0.336. The number of allylic oxidation sites excluding steroid dienone is 1. The fourth-order valence-electron chi connectivity index (χ4n) is 2.77. The lowest BCUT2D eigenvalue weighted by atomic mass is 10.2. The van der Waals surface area contributed by atoms with Gasteiger partial charge in [-0.1, -0.05) is 29.0 Å². The Morgan fingerprint density at radius 3 is 2.85 bits per heavy atom. The van der Waals surface area contributed by atoms with Crippen molar-refractivity contribution in [2.45, 2.75) is 6.54 Å². The Bertz CT molecular complexity index is 1080. The first-order valence-electron chi connectivity index (χ1n) is 8.04. The summed E-state index contributed by atoms with van der Waals surface area (Å²) in [5.41, 5.74) is 1.42. The summed E-state index contributed by atoms with van der Waals surface area (Å²) in [4.78, 5) is 17.6. The first-order chi connectivity index (χ1) is 12.7. The molecule has 7 heteroatoms. The van der Waals surface area contributed by atoms with E-state index in [4.69, 9.17) is 21.1 Å². The van der Waals surface area contributed by atoms with Gasteiger partial charge >= 0.3 is 0 Å². The van der Waals surface area contributed by atoms with Crippen molar-refractivity contribution in [3.8, 4) is 11.5 Å².